The van der Waals surface area contributed by atoms with Gasteiger partial charge in [0.25, 0.3) is 5.91 Å². The minimum atomic E-state index is -0.316. The van der Waals surface area contributed by atoms with Crippen LogP contribution in [0.25, 0.3) is 0 Å². The van der Waals surface area contributed by atoms with E-state index in [1.165, 1.54) is 23.1 Å². The van der Waals surface area contributed by atoms with E-state index < -0.39 is 0 Å². The summed E-state index contributed by atoms with van der Waals surface area (Å²) in [4.78, 5) is 12.3. The molecule has 26 heavy (non-hydrogen) atoms. The van der Waals surface area contributed by atoms with Crippen LogP contribution in [0.4, 0.5) is 5.13 Å². The fraction of sp³-hybridized carbons (Fsp3) is 0.118. The van der Waals surface area contributed by atoms with E-state index in [1.54, 1.807) is 24.3 Å². The van der Waals surface area contributed by atoms with Gasteiger partial charge in [-0.3, -0.25) is 10.1 Å². The van der Waals surface area contributed by atoms with Crippen molar-refractivity contribution in [2.45, 2.75) is 17.0 Å². The number of rotatable bonds is 5. The largest absolute Gasteiger partial charge is 0.296 e. The van der Waals surface area contributed by atoms with Crippen LogP contribution in [0.5, 0.6) is 0 Å². The van der Waals surface area contributed by atoms with Crippen LogP contribution in [-0.4, -0.2) is 16.1 Å². The standard InChI is InChI=1S/C17H12Cl3N3OS2/c1-9-2-5-12(14(20)6-9)15(24)21-16-22-23-17(26-16)25-8-10-3-4-11(18)7-13(10)19/h2-7H,8H2,1H3,(H,21,22,24). The Morgan fingerprint density at radius 3 is 2.65 bits per heavy atom. The second-order valence-corrected chi connectivity index (χ2v) is 8.79. The van der Waals surface area contributed by atoms with Crippen molar-refractivity contribution in [1.29, 1.82) is 0 Å². The lowest BCUT2D eigenvalue weighted by Crippen LogP contribution is -2.12. The van der Waals surface area contributed by atoms with Gasteiger partial charge in [-0.2, -0.15) is 0 Å². The molecule has 0 aliphatic heterocycles. The van der Waals surface area contributed by atoms with Gasteiger partial charge in [-0.1, -0.05) is 70.0 Å². The maximum Gasteiger partial charge on any atom is 0.259 e. The smallest absolute Gasteiger partial charge is 0.259 e. The Bertz CT molecular complexity index is 962. The van der Waals surface area contributed by atoms with E-state index in [1.807, 2.05) is 19.1 Å². The lowest BCUT2D eigenvalue weighted by molar-refractivity contribution is 0.102. The number of aromatic nitrogens is 2. The topological polar surface area (TPSA) is 54.9 Å². The number of nitrogens with zero attached hydrogens (tertiary/aromatic N) is 2. The Kier molecular flexibility index (Phi) is 6.42. The van der Waals surface area contributed by atoms with Gasteiger partial charge >= 0.3 is 0 Å². The first kappa shape index (κ1) is 19.5. The van der Waals surface area contributed by atoms with E-state index in [0.717, 1.165) is 15.5 Å². The zero-order valence-corrected chi connectivity index (χ0v) is 17.3. The molecule has 1 aromatic heterocycles. The highest BCUT2D eigenvalue weighted by atomic mass is 35.5. The lowest BCUT2D eigenvalue weighted by Gasteiger charge is -2.04. The normalized spacial score (nSPS) is 10.8. The number of anilines is 1. The summed E-state index contributed by atoms with van der Waals surface area (Å²) in [7, 11) is 0. The van der Waals surface area contributed by atoms with E-state index in [4.69, 9.17) is 34.8 Å². The number of benzene rings is 2. The first-order valence-electron chi connectivity index (χ1n) is 7.40. The second kappa shape index (κ2) is 8.59. The summed E-state index contributed by atoms with van der Waals surface area (Å²) >= 11 is 21.0. The summed E-state index contributed by atoms with van der Waals surface area (Å²) < 4.78 is 0.723. The molecule has 0 bridgehead atoms. The van der Waals surface area contributed by atoms with Crippen LogP contribution in [0.2, 0.25) is 15.1 Å². The molecule has 4 nitrogen and oxygen atoms in total. The summed E-state index contributed by atoms with van der Waals surface area (Å²) in [5.41, 5.74) is 2.34. The van der Waals surface area contributed by atoms with Crippen LogP contribution >= 0.6 is 57.9 Å². The maximum absolute atomic E-state index is 12.3. The molecule has 1 N–H and O–H groups in total. The average molecular weight is 445 g/mol. The number of hydrogen-bond acceptors (Lipinski definition) is 5. The molecule has 0 radical (unpaired) electrons. The number of hydrogen-bond donors (Lipinski definition) is 1. The molecule has 134 valence electrons. The summed E-state index contributed by atoms with van der Waals surface area (Å²) in [6.45, 7) is 1.91. The van der Waals surface area contributed by atoms with E-state index in [2.05, 4.69) is 15.5 Å². The van der Waals surface area contributed by atoms with Crippen molar-refractivity contribution in [3.63, 3.8) is 0 Å². The minimum absolute atomic E-state index is 0.316. The molecule has 3 aromatic rings. The third kappa shape index (κ3) is 4.90. The number of halogens is 3. The summed E-state index contributed by atoms with van der Waals surface area (Å²) in [5.74, 6) is 0.311. The molecule has 0 spiro atoms. The molecule has 1 heterocycles. The number of nitrogens with one attached hydrogen (secondary N) is 1. The van der Waals surface area contributed by atoms with Gasteiger partial charge in [0.05, 0.1) is 10.6 Å². The molecule has 0 saturated heterocycles. The van der Waals surface area contributed by atoms with Crippen LogP contribution in [-0.2, 0) is 5.75 Å². The van der Waals surface area contributed by atoms with Crippen molar-refractivity contribution < 1.29 is 4.79 Å². The Balaban J connectivity index is 1.63. The molecule has 0 fully saturated rings. The van der Waals surface area contributed by atoms with Crippen molar-refractivity contribution in [1.82, 2.24) is 10.2 Å². The lowest BCUT2D eigenvalue weighted by atomic mass is 10.1. The molecule has 0 aliphatic rings. The SMILES string of the molecule is Cc1ccc(C(=O)Nc2nnc(SCc3ccc(Cl)cc3Cl)s2)c(Cl)c1. The van der Waals surface area contributed by atoms with Crippen LogP contribution in [0.1, 0.15) is 21.5 Å². The minimum Gasteiger partial charge on any atom is -0.296 e. The quantitative estimate of drug-likeness (QED) is 0.368. The number of carbonyl (C=O) groups excluding carboxylic acids is 1. The van der Waals surface area contributed by atoms with Crippen LogP contribution in [0, 0.1) is 6.92 Å². The molecule has 2 aromatic carbocycles. The van der Waals surface area contributed by atoms with E-state index >= 15 is 0 Å². The maximum atomic E-state index is 12.3. The summed E-state index contributed by atoms with van der Waals surface area (Å²) in [6, 6.07) is 10.6. The highest BCUT2D eigenvalue weighted by Gasteiger charge is 2.14. The third-order valence-corrected chi connectivity index (χ3v) is 6.28. The van der Waals surface area contributed by atoms with Crippen molar-refractivity contribution in [3.05, 3.63) is 68.2 Å². The summed E-state index contributed by atoms with van der Waals surface area (Å²) in [6.07, 6.45) is 0. The summed E-state index contributed by atoms with van der Waals surface area (Å²) in [5, 5.41) is 12.8. The number of aryl methyl sites for hydroxylation is 1. The Labute approximate surface area is 173 Å². The average Bonchev–Trinajstić information content (AvgIpc) is 3.01. The molecule has 0 saturated carbocycles. The van der Waals surface area contributed by atoms with Crippen LogP contribution in [0.15, 0.2) is 40.7 Å². The molecule has 0 atom stereocenters. The van der Waals surface area contributed by atoms with E-state index in [0.29, 0.717) is 31.5 Å². The van der Waals surface area contributed by atoms with Gasteiger partial charge < -0.3 is 0 Å². The fourth-order valence-corrected chi connectivity index (χ4v) is 4.69. The van der Waals surface area contributed by atoms with Gasteiger partial charge in [0.15, 0.2) is 4.34 Å². The number of carbonyl (C=O) groups is 1. The Morgan fingerprint density at radius 1 is 1.12 bits per heavy atom. The van der Waals surface area contributed by atoms with Crippen molar-refractivity contribution in [3.8, 4) is 0 Å². The molecule has 3 rings (SSSR count). The third-order valence-electron chi connectivity index (χ3n) is 3.36. The predicted octanol–water partition coefficient (Wildman–Crippen LogP) is 6.35. The zero-order valence-electron chi connectivity index (χ0n) is 13.4. The van der Waals surface area contributed by atoms with E-state index in [-0.39, 0.29) is 5.91 Å². The van der Waals surface area contributed by atoms with Gasteiger partial charge in [0.1, 0.15) is 0 Å². The predicted molar refractivity (Wildman–Crippen MR) is 110 cm³/mol. The van der Waals surface area contributed by atoms with Crippen molar-refractivity contribution in [2.75, 3.05) is 5.32 Å². The fourth-order valence-electron chi connectivity index (χ4n) is 2.07. The van der Waals surface area contributed by atoms with Crippen molar-refractivity contribution in [2.24, 2.45) is 0 Å². The molecule has 9 heteroatoms. The molecule has 0 aliphatic carbocycles. The number of amides is 1. The van der Waals surface area contributed by atoms with Gasteiger partial charge in [-0.25, -0.2) is 0 Å². The first-order chi connectivity index (χ1) is 12.4. The van der Waals surface area contributed by atoms with Gasteiger partial charge in [0, 0.05) is 15.8 Å². The molecular weight excluding hydrogens is 433 g/mol. The highest BCUT2D eigenvalue weighted by Crippen LogP contribution is 2.31. The van der Waals surface area contributed by atoms with Gasteiger partial charge in [-0.05, 0) is 42.3 Å². The zero-order chi connectivity index (χ0) is 18.7. The van der Waals surface area contributed by atoms with Crippen LogP contribution < -0.4 is 5.32 Å². The molecular formula is C17H12Cl3N3OS2. The molecule has 0 unspecified atom stereocenters. The molecule has 1 amide bonds. The van der Waals surface area contributed by atoms with E-state index in [9.17, 15) is 4.79 Å². The van der Waals surface area contributed by atoms with Gasteiger partial charge in [0.2, 0.25) is 5.13 Å². The first-order valence-corrected chi connectivity index (χ1v) is 10.3. The number of thioether (sulfide) groups is 1. The monoisotopic (exact) mass is 443 g/mol. The van der Waals surface area contributed by atoms with Gasteiger partial charge in [-0.15, -0.1) is 10.2 Å². The van der Waals surface area contributed by atoms with Crippen LogP contribution in [0.3, 0.4) is 0 Å². The second-order valence-electron chi connectivity index (χ2n) is 5.33. The van der Waals surface area contributed by atoms with Crippen molar-refractivity contribution >= 4 is 68.9 Å². The highest BCUT2D eigenvalue weighted by molar-refractivity contribution is 8.00. The Hall–Kier alpha value is -1.31. The Morgan fingerprint density at radius 2 is 1.92 bits per heavy atom.